The molecule has 1 heterocycles. The van der Waals surface area contributed by atoms with E-state index in [4.69, 9.17) is 4.79 Å². The van der Waals surface area contributed by atoms with Crippen LogP contribution in [-0.4, -0.2) is 10.5 Å². The topological polar surface area (TPSA) is 46.2 Å². The maximum absolute atomic E-state index is 13.2. The molecular formula is C26H25NO2S. The first-order valence-electron chi connectivity index (χ1n) is 10.1. The minimum Gasteiger partial charge on any atom is -0.304 e. The fourth-order valence-electron chi connectivity index (χ4n) is 4.24. The van der Waals surface area contributed by atoms with Gasteiger partial charge in [-0.15, -0.1) is 0 Å². The number of nitrogens with one attached hydrogen (secondary N) is 1. The zero-order valence-electron chi connectivity index (χ0n) is 17.4. The molecule has 4 heteroatoms. The molecule has 0 saturated heterocycles. The number of aldehydes is 1. The molecule has 3 unspecified atom stereocenters. The zero-order valence-corrected chi connectivity index (χ0v) is 18.2. The van der Waals surface area contributed by atoms with Crippen LogP contribution in [0.25, 0.3) is 21.5 Å². The minimum atomic E-state index is -1.17. The normalized spacial score (nSPS) is 20.3. The largest absolute Gasteiger partial charge is 0.304 e. The number of hydrogen-bond acceptors (Lipinski definition) is 2. The van der Waals surface area contributed by atoms with Gasteiger partial charge in [0.2, 0.25) is 0 Å². The summed E-state index contributed by atoms with van der Waals surface area (Å²) in [5.41, 5.74) is 4.74. The van der Waals surface area contributed by atoms with Crippen LogP contribution in [0.3, 0.4) is 0 Å². The molecule has 0 bridgehead atoms. The molecule has 30 heavy (non-hydrogen) atoms. The lowest BCUT2D eigenvalue weighted by molar-refractivity contribution is -0.106. The molecule has 0 fully saturated rings. The minimum absolute atomic E-state index is 0.0717. The van der Waals surface area contributed by atoms with Crippen LogP contribution in [-0.2, 0) is 15.8 Å². The van der Waals surface area contributed by atoms with Crippen LogP contribution >= 0.6 is 0 Å². The highest BCUT2D eigenvalue weighted by atomic mass is 32.2. The van der Waals surface area contributed by atoms with Gasteiger partial charge in [0.1, 0.15) is 17.3 Å². The lowest BCUT2D eigenvalue weighted by Gasteiger charge is -2.31. The first-order valence-corrected chi connectivity index (χ1v) is 11.3. The Morgan fingerprint density at radius 3 is 1.77 bits per heavy atom. The predicted molar refractivity (Wildman–Crippen MR) is 126 cm³/mol. The van der Waals surface area contributed by atoms with Crippen molar-refractivity contribution in [1.82, 2.24) is 4.72 Å². The highest BCUT2D eigenvalue weighted by Crippen LogP contribution is 2.41. The lowest BCUT2D eigenvalue weighted by Crippen LogP contribution is -2.33. The Labute approximate surface area is 179 Å². The summed E-state index contributed by atoms with van der Waals surface area (Å²) in [4.78, 5) is 8.81. The fourth-order valence-corrected chi connectivity index (χ4v) is 5.77. The standard InChI is InChI=1S/C24H21NOS.C2H4O/c1-15-11-17-7-3-4-8-18(17)12-21(15)24-23-14-20-10-6-5-9-19(20)13-22(23)16(2)25-27(24)26;1-2-3/h3-14,16,24-25H,1-2H3;2H,1H3. The molecule has 0 radical (unpaired) electrons. The second-order valence-electron chi connectivity index (χ2n) is 7.64. The van der Waals surface area contributed by atoms with E-state index in [-0.39, 0.29) is 11.3 Å². The van der Waals surface area contributed by atoms with Crippen molar-refractivity contribution in [2.45, 2.75) is 32.1 Å². The van der Waals surface area contributed by atoms with Gasteiger partial charge in [0.25, 0.3) is 0 Å². The third kappa shape index (κ3) is 3.69. The van der Waals surface area contributed by atoms with E-state index in [0.717, 1.165) is 11.8 Å². The van der Waals surface area contributed by atoms with Crippen molar-refractivity contribution < 1.29 is 9.00 Å². The van der Waals surface area contributed by atoms with Crippen LogP contribution in [0.4, 0.5) is 0 Å². The highest BCUT2D eigenvalue weighted by Gasteiger charge is 2.33. The molecule has 5 rings (SSSR count). The summed E-state index contributed by atoms with van der Waals surface area (Å²) in [5.74, 6) is 0. The summed E-state index contributed by atoms with van der Waals surface area (Å²) in [6.45, 7) is 5.66. The molecule has 3 atom stereocenters. The number of fused-ring (bicyclic) bond motifs is 3. The van der Waals surface area contributed by atoms with Crippen molar-refractivity contribution in [2.75, 3.05) is 0 Å². The molecular weight excluding hydrogens is 390 g/mol. The van der Waals surface area contributed by atoms with E-state index in [1.807, 2.05) is 0 Å². The molecule has 4 aromatic rings. The van der Waals surface area contributed by atoms with E-state index in [9.17, 15) is 4.21 Å². The third-order valence-electron chi connectivity index (χ3n) is 5.62. The van der Waals surface area contributed by atoms with Gasteiger partial charge >= 0.3 is 0 Å². The molecule has 4 aromatic carbocycles. The number of hydrogen-bond donors (Lipinski definition) is 1. The van der Waals surface area contributed by atoms with Crippen LogP contribution in [0.1, 0.15) is 47.4 Å². The molecule has 0 aliphatic carbocycles. The van der Waals surface area contributed by atoms with Crippen LogP contribution in [0.2, 0.25) is 0 Å². The summed E-state index contributed by atoms with van der Waals surface area (Å²) in [5, 5.41) is 4.68. The van der Waals surface area contributed by atoms with Crippen LogP contribution in [0.5, 0.6) is 0 Å². The Bertz CT molecular complexity index is 1260. The quantitative estimate of drug-likeness (QED) is 0.392. The SMILES string of the molecule is CC=O.Cc1cc2ccccc2cc1C1c2cc3ccccc3cc2C(C)NS1=O. The molecule has 1 aliphatic rings. The van der Waals surface area contributed by atoms with E-state index < -0.39 is 11.0 Å². The first-order chi connectivity index (χ1) is 14.5. The third-order valence-corrected chi connectivity index (χ3v) is 7.15. The Morgan fingerprint density at radius 2 is 1.23 bits per heavy atom. The molecule has 0 saturated carbocycles. The fraction of sp³-hybridized carbons (Fsp3) is 0.192. The zero-order chi connectivity index (χ0) is 21.3. The number of aryl methyl sites for hydroxylation is 1. The number of carbonyl (C=O) groups excluding carboxylic acids is 1. The van der Waals surface area contributed by atoms with Crippen molar-refractivity contribution in [3.8, 4) is 0 Å². The Hall–Kier alpha value is -2.82. The smallest absolute Gasteiger partial charge is 0.116 e. The van der Waals surface area contributed by atoms with E-state index >= 15 is 0 Å². The molecule has 1 N–H and O–H groups in total. The average Bonchev–Trinajstić information content (AvgIpc) is 2.73. The molecule has 1 aliphatic heterocycles. The van der Waals surface area contributed by atoms with Crippen molar-refractivity contribution in [1.29, 1.82) is 0 Å². The molecule has 152 valence electrons. The Kier molecular flexibility index (Phi) is 5.80. The van der Waals surface area contributed by atoms with Gasteiger partial charge in [-0.1, -0.05) is 54.6 Å². The van der Waals surface area contributed by atoms with E-state index in [0.29, 0.717) is 0 Å². The highest BCUT2D eigenvalue weighted by molar-refractivity contribution is 7.83. The van der Waals surface area contributed by atoms with Gasteiger partial charge in [-0.2, -0.15) is 0 Å². The second-order valence-corrected chi connectivity index (χ2v) is 8.94. The van der Waals surface area contributed by atoms with Gasteiger partial charge < -0.3 is 4.79 Å². The summed E-state index contributed by atoms with van der Waals surface area (Å²) < 4.78 is 16.5. The average molecular weight is 416 g/mol. The Morgan fingerprint density at radius 1 is 0.800 bits per heavy atom. The van der Waals surface area contributed by atoms with E-state index in [2.05, 4.69) is 91.4 Å². The summed E-state index contributed by atoms with van der Waals surface area (Å²) >= 11 is 0. The monoisotopic (exact) mass is 415 g/mol. The van der Waals surface area contributed by atoms with Crippen LogP contribution in [0, 0.1) is 6.92 Å². The van der Waals surface area contributed by atoms with Gasteiger partial charge in [0.05, 0.1) is 5.25 Å². The van der Waals surface area contributed by atoms with Gasteiger partial charge in [-0.3, -0.25) is 0 Å². The lowest BCUT2D eigenvalue weighted by atomic mass is 9.89. The van der Waals surface area contributed by atoms with Crippen molar-refractivity contribution in [3.05, 3.63) is 95.1 Å². The van der Waals surface area contributed by atoms with Crippen molar-refractivity contribution in [3.63, 3.8) is 0 Å². The maximum Gasteiger partial charge on any atom is 0.116 e. The van der Waals surface area contributed by atoms with Gasteiger partial charge in [-0.25, -0.2) is 8.93 Å². The van der Waals surface area contributed by atoms with Crippen molar-refractivity contribution in [2.24, 2.45) is 0 Å². The molecule has 3 nitrogen and oxygen atoms in total. The molecule has 0 spiro atoms. The maximum atomic E-state index is 13.2. The summed E-state index contributed by atoms with van der Waals surface area (Å²) in [6, 6.07) is 25.8. The van der Waals surface area contributed by atoms with E-state index in [1.54, 1.807) is 0 Å². The first kappa shape index (κ1) is 20.5. The van der Waals surface area contributed by atoms with Crippen molar-refractivity contribution >= 4 is 38.8 Å². The number of carbonyl (C=O) groups is 1. The second kappa shape index (κ2) is 8.50. The van der Waals surface area contributed by atoms with Gasteiger partial charge in [-0.05, 0) is 82.8 Å². The number of rotatable bonds is 1. The van der Waals surface area contributed by atoms with E-state index in [1.165, 1.54) is 45.2 Å². The Balaban J connectivity index is 0.000000687. The van der Waals surface area contributed by atoms with Gasteiger partial charge in [0.15, 0.2) is 0 Å². The van der Waals surface area contributed by atoms with Crippen LogP contribution < -0.4 is 4.72 Å². The predicted octanol–water partition coefficient (Wildman–Crippen LogP) is 5.92. The van der Waals surface area contributed by atoms with Gasteiger partial charge in [0, 0.05) is 6.04 Å². The summed E-state index contributed by atoms with van der Waals surface area (Å²) in [7, 11) is -1.17. The van der Waals surface area contributed by atoms with Crippen LogP contribution in [0.15, 0.2) is 72.8 Å². The molecule has 0 aromatic heterocycles. The number of benzene rings is 4. The molecule has 0 amide bonds. The summed E-state index contributed by atoms with van der Waals surface area (Å²) in [6.07, 6.45) is 0.750.